The Hall–Kier alpha value is -1.83. The molecule has 1 amide bonds. The number of nitrogens with two attached hydrogens (primary N) is 1. The number of carbonyl (C=O) groups is 1. The van der Waals surface area contributed by atoms with Crippen molar-refractivity contribution in [3.8, 4) is 0 Å². The highest BCUT2D eigenvalue weighted by Crippen LogP contribution is 2.36. The summed E-state index contributed by atoms with van der Waals surface area (Å²) in [7, 11) is 0. The number of primary amides is 1. The van der Waals surface area contributed by atoms with E-state index in [4.69, 9.17) is 5.73 Å². The first-order valence-corrected chi connectivity index (χ1v) is 7.18. The van der Waals surface area contributed by atoms with E-state index in [9.17, 15) is 18.0 Å². The summed E-state index contributed by atoms with van der Waals surface area (Å²) in [6.07, 6.45) is -3.72. The largest absolute Gasteiger partial charge is 0.416 e. The molecule has 1 fully saturated rings. The molecular weight excluding hydrogens is 303 g/mol. The number of halogens is 3. The van der Waals surface area contributed by atoms with Crippen LogP contribution in [0.15, 0.2) is 18.2 Å². The minimum Gasteiger partial charge on any atom is -0.369 e. The van der Waals surface area contributed by atoms with Gasteiger partial charge in [-0.15, -0.1) is 0 Å². The number of benzene rings is 1. The molecule has 112 valence electrons. The van der Waals surface area contributed by atoms with Gasteiger partial charge in [-0.3, -0.25) is 4.79 Å². The standard InChI is InChI=1S/C13H12F3N3OS/c14-13(15,16)8-1-2-10-9(5-8)18-12(21-10)19-4-3-7(6-19)11(17)20/h1-2,5,7H,3-4,6H2,(H2,17,20). The third-order valence-electron chi connectivity index (χ3n) is 3.56. The number of thiazole rings is 1. The molecule has 0 bridgehead atoms. The van der Waals surface area contributed by atoms with E-state index < -0.39 is 11.7 Å². The molecular formula is C13H12F3N3OS. The normalized spacial score (nSPS) is 19.4. The summed E-state index contributed by atoms with van der Waals surface area (Å²) in [5, 5.41) is 0.632. The number of fused-ring (bicyclic) bond motifs is 1. The number of anilines is 1. The van der Waals surface area contributed by atoms with Crippen molar-refractivity contribution in [2.24, 2.45) is 11.7 Å². The topological polar surface area (TPSA) is 59.2 Å². The number of hydrogen-bond acceptors (Lipinski definition) is 4. The van der Waals surface area contributed by atoms with Crippen molar-refractivity contribution >= 4 is 32.6 Å². The fourth-order valence-corrected chi connectivity index (χ4v) is 3.37. The molecule has 2 heterocycles. The van der Waals surface area contributed by atoms with Crippen molar-refractivity contribution < 1.29 is 18.0 Å². The molecule has 2 aromatic rings. The Bertz CT molecular complexity index is 698. The number of alkyl halides is 3. The lowest BCUT2D eigenvalue weighted by atomic mass is 10.1. The molecule has 1 aromatic heterocycles. The van der Waals surface area contributed by atoms with E-state index in [0.29, 0.717) is 34.9 Å². The quantitative estimate of drug-likeness (QED) is 0.927. The Balaban J connectivity index is 1.90. The van der Waals surface area contributed by atoms with Gasteiger partial charge in [-0.05, 0) is 24.6 Å². The number of nitrogens with zero attached hydrogens (tertiary/aromatic N) is 2. The van der Waals surface area contributed by atoms with E-state index in [2.05, 4.69) is 4.98 Å². The van der Waals surface area contributed by atoms with E-state index in [1.165, 1.54) is 17.4 Å². The highest BCUT2D eigenvalue weighted by molar-refractivity contribution is 7.22. The van der Waals surface area contributed by atoms with Gasteiger partial charge in [0, 0.05) is 13.1 Å². The van der Waals surface area contributed by atoms with Crippen LogP contribution >= 0.6 is 11.3 Å². The lowest BCUT2D eigenvalue weighted by Gasteiger charge is -2.13. The van der Waals surface area contributed by atoms with E-state index in [1.54, 1.807) is 0 Å². The van der Waals surface area contributed by atoms with Gasteiger partial charge in [0.15, 0.2) is 5.13 Å². The fraction of sp³-hybridized carbons (Fsp3) is 0.385. The van der Waals surface area contributed by atoms with Crippen LogP contribution < -0.4 is 10.6 Å². The maximum absolute atomic E-state index is 12.7. The van der Waals surface area contributed by atoms with Crippen LogP contribution in [-0.2, 0) is 11.0 Å². The van der Waals surface area contributed by atoms with Gasteiger partial charge in [-0.2, -0.15) is 13.2 Å². The zero-order valence-corrected chi connectivity index (χ0v) is 11.7. The van der Waals surface area contributed by atoms with Crippen molar-refractivity contribution in [2.75, 3.05) is 18.0 Å². The molecule has 0 saturated carbocycles. The molecule has 1 aromatic carbocycles. The highest BCUT2D eigenvalue weighted by Gasteiger charge is 2.32. The Labute approximate surface area is 122 Å². The predicted octanol–water partition coefficient (Wildman–Crippen LogP) is 2.63. The monoisotopic (exact) mass is 315 g/mol. The Morgan fingerprint density at radius 2 is 2.19 bits per heavy atom. The first kappa shape index (κ1) is 14.1. The molecule has 1 unspecified atom stereocenters. The third-order valence-corrected chi connectivity index (χ3v) is 4.66. The van der Waals surface area contributed by atoms with Crippen LogP contribution in [0.3, 0.4) is 0 Å². The second kappa shape index (κ2) is 4.87. The minimum absolute atomic E-state index is 0.220. The summed E-state index contributed by atoms with van der Waals surface area (Å²) in [5.74, 6) is -0.569. The van der Waals surface area contributed by atoms with E-state index in [-0.39, 0.29) is 11.8 Å². The zero-order valence-electron chi connectivity index (χ0n) is 10.9. The van der Waals surface area contributed by atoms with Crippen LogP contribution in [-0.4, -0.2) is 24.0 Å². The second-order valence-corrected chi connectivity index (χ2v) is 6.02. The smallest absolute Gasteiger partial charge is 0.369 e. The predicted molar refractivity (Wildman–Crippen MR) is 74.1 cm³/mol. The molecule has 2 N–H and O–H groups in total. The van der Waals surface area contributed by atoms with E-state index in [1.807, 2.05) is 4.90 Å². The van der Waals surface area contributed by atoms with Crippen molar-refractivity contribution in [3.63, 3.8) is 0 Å². The molecule has 0 aliphatic carbocycles. The van der Waals surface area contributed by atoms with Gasteiger partial charge >= 0.3 is 6.18 Å². The SMILES string of the molecule is NC(=O)C1CCN(c2nc3cc(C(F)(F)F)ccc3s2)C1. The number of carbonyl (C=O) groups excluding carboxylic acids is 1. The Morgan fingerprint density at radius 1 is 1.43 bits per heavy atom. The van der Waals surface area contributed by atoms with Gasteiger partial charge in [0.25, 0.3) is 0 Å². The molecule has 21 heavy (non-hydrogen) atoms. The number of hydrogen-bond donors (Lipinski definition) is 1. The lowest BCUT2D eigenvalue weighted by molar-refractivity contribution is -0.137. The average Bonchev–Trinajstić information content (AvgIpc) is 3.03. The summed E-state index contributed by atoms with van der Waals surface area (Å²) in [5.41, 5.74) is 4.89. The molecule has 8 heteroatoms. The van der Waals surface area contributed by atoms with Crippen molar-refractivity contribution in [2.45, 2.75) is 12.6 Å². The molecule has 0 spiro atoms. The maximum atomic E-state index is 12.7. The van der Waals surface area contributed by atoms with Crippen LogP contribution in [0.4, 0.5) is 18.3 Å². The van der Waals surface area contributed by atoms with Gasteiger partial charge in [0.2, 0.25) is 5.91 Å². The van der Waals surface area contributed by atoms with Gasteiger partial charge < -0.3 is 10.6 Å². The van der Waals surface area contributed by atoms with Crippen molar-refractivity contribution in [1.82, 2.24) is 4.98 Å². The number of amides is 1. The Kier molecular flexibility index (Phi) is 3.27. The van der Waals surface area contributed by atoms with Crippen LogP contribution in [0.5, 0.6) is 0 Å². The Morgan fingerprint density at radius 3 is 2.81 bits per heavy atom. The van der Waals surface area contributed by atoms with Crippen molar-refractivity contribution in [3.05, 3.63) is 23.8 Å². The van der Waals surface area contributed by atoms with Crippen LogP contribution in [0.1, 0.15) is 12.0 Å². The number of rotatable bonds is 2. The summed E-state index contributed by atoms with van der Waals surface area (Å²) >= 11 is 1.32. The zero-order chi connectivity index (χ0) is 15.2. The molecule has 0 radical (unpaired) electrons. The summed E-state index contributed by atoms with van der Waals surface area (Å²) in [6.45, 7) is 1.11. The molecule has 1 aliphatic heterocycles. The second-order valence-electron chi connectivity index (χ2n) is 5.01. The summed E-state index contributed by atoms with van der Waals surface area (Å²) < 4.78 is 38.7. The minimum atomic E-state index is -4.37. The van der Waals surface area contributed by atoms with E-state index in [0.717, 1.165) is 12.1 Å². The molecule has 1 saturated heterocycles. The highest BCUT2D eigenvalue weighted by atomic mass is 32.1. The van der Waals surface area contributed by atoms with Crippen molar-refractivity contribution in [1.29, 1.82) is 0 Å². The van der Waals surface area contributed by atoms with E-state index >= 15 is 0 Å². The maximum Gasteiger partial charge on any atom is 0.416 e. The van der Waals surface area contributed by atoms with Crippen LogP contribution in [0, 0.1) is 5.92 Å². The van der Waals surface area contributed by atoms with Gasteiger partial charge in [0.1, 0.15) is 0 Å². The van der Waals surface area contributed by atoms with Gasteiger partial charge in [-0.1, -0.05) is 11.3 Å². The fourth-order valence-electron chi connectivity index (χ4n) is 2.39. The van der Waals surface area contributed by atoms with Crippen LogP contribution in [0.2, 0.25) is 0 Å². The molecule has 3 rings (SSSR count). The first-order valence-electron chi connectivity index (χ1n) is 6.36. The van der Waals surface area contributed by atoms with Gasteiger partial charge in [0.05, 0.1) is 21.7 Å². The summed E-state index contributed by atoms with van der Waals surface area (Å²) in [6, 6.07) is 3.54. The lowest BCUT2D eigenvalue weighted by Crippen LogP contribution is -2.27. The molecule has 1 atom stereocenters. The van der Waals surface area contributed by atoms with Gasteiger partial charge in [-0.25, -0.2) is 4.98 Å². The summed E-state index contributed by atoms with van der Waals surface area (Å²) in [4.78, 5) is 17.3. The molecule has 4 nitrogen and oxygen atoms in total. The number of aromatic nitrogens is 1. The average molecular weight is 315 g/mol. The first-order chi connectivity index (χ1) is 9.84. The third kappa shape index (κ3) is 2.67. The molecule has 1 aliphatic rings. The van der Waals surface area contributed by atoms with Crippen LogP contribution in [0.25, 0.3) is 10.2 Å².